The Morgan fingerprint density at radius 3 is 2.76 bits per heavy atom. The minimum Gasteiger partial charge on any atom is -0.466 e. The summed E-state index contributed by atoms with van der Waals surface area (Å²) in [6.07, 6.45) is 0.0856. The van der Waals surface area contributed by atoms with Gasteiger partial charge in [-0.2, -0.15) is 5.26 Å². The molecule has 0 fully saturated rings. The molecule has 0 aliphatic carbocycles. The lowest BCUT2D eigenvalue weighted by molar-refractivity contribution is -0.142. The Morgan fingerprint density at radius 1 is 1.53 bits per heavy atom. The SMILES string of the molecule is CCOC(=O)Cc1ccc(C#N)c(CCl)c1Cl. The molecule has 0 heterocycles. The van der Waals surface area contributed by atoms with Gasteiger partial charge in [0, 0.05) is 5.56 Å². The zero-order chi connectivity index (χ0) is 12.8. The van der Waals surface area contributed by atoms with E-state index in [1.165, 1.54) is 0 Å². The van der Waals surface area contributed by atoms with Crippen LogP contribution < -0.4 is 0 Å². The second-order valence-corrected chi connectivity index (χ2v) is 3.94. The highest BCUT2D eigenvalue weighted by atomic mass is 35.5. The lowest BCUT2D eigenvalue weighted by atomic mass is 10.0. The van der Waals surface area contributed by atoms with Crippen LogP contribution in [0.15, 0.2) is 12.1 Å². The smallest absolute Gasteiger partial charge is 0.310 e. The van der Waals surface area contributed by atoms with E-state index >= 15 is 0 Å². The van der Waals surface area contributed by atoms with Crippen molar-refractivity contribution in [2.45, 2.75) is 19.2 Å². The summed E-state index contributed by atoms with van der Waals surface area (Å²) in [5, 5.41) is 9.24. The normalized spacial score (nSPS) is 9.76. The fourth-order valence-corrected chi connectivity index (χ4v) is 2.05. The molecule has 0 spiro atoms. The largest absolute Gasteiger partial charge is 0.466 e. The molecule has 1 aromatic rings. The predicted molar refractivity (Wildman–Crippen MR) is 66.1 cm³/mol. The molecule has 0 amide bonds. The molecule has 0 N–H and O–H groups in total. The van der Waals surface area contributed by atoms with Crippen LogP contribution in [0.1, 0.15) is 23.6 Å². The average molecular weight is 272 g/mol. The molecule has 17 heavy (non-hydrogen) atoms. The van der Waals surface area contributed by atoms with Crippen molar-refractivity contribution in [2.24, 2.45) is 0 Å². The van der Waals surface area contributed by atoms with Crippen LogP contribution in [0.2, 0.25) is 5.02 Å². The number of ether oxygens (including phenoxy) is 1. The van der Waals surface area contributed by atoms with Crippen LogP contribution >= 0.6 is 23.2 Å². The number of esters is 1. The van der Waals surface area contributed by atoms with Crippen molar-refractivity contribution in [1.82, 2.24) is 0 Å². The summed E-state index contributed by atoms with van der Waals surface area (Å²) in [6, 6.07) is 5.26. The summed E-state index contributed by atoms with van der Waals surface area (Å²) >= 11 is 11.8. The quantitative estimate of drug-likeness (QED) is 0.625. The third-order valence-corrected chi connectivity index (χ3v) is 2.96. The number of rotatable bonds is 4. The van der Waals surface area contributed by atoms with E-state index < -0.39 is 0 Å². The molecule has 0 aliphatic rings. The van der Waals surface area contributed by atoms with E-state index in [4.69, 9.17) is 33.2 Å². The highest BCUT2D eigenvalue weighted by molar-refractivity contribution is 6.33. The topological polar surface area (TPSA) is 50.1 Å². The van der Waals surface area contributed by atoms with Crippen LogP contribution in [0.3, 0.4) is 0 Å². The first-order valence-electron chi connectivity index (χ1n) is 5.06. The molecule has 0 saturated heterocycles. The fourth-order valence-electron chi connectivity index (χ4n) is 1.41. The molecule has 0 aromatic heterocycles. The molecular weight excluding hydrogens is 261 g/mol. The number of nitrogens with zero attached hydrogens (tertiary/aromatic N) is 1. The second-order valence-electron chi connectivity index (χ2n) is 3.29. The van der Waals surface area contributed by atoms with Crippen LogP contribution in [-0.2, 0) is 21.8 Å². The lowest BCUT2D eigenvalue weighted by Crippen LogP contribution is -2.08. The van der Waals surface area contributed by atoms with Gasteiger partial charge in [0.15, 0.2) is 0 Å². The maximum Gasteiger partial charge on any atom is 0.310 e. The first kappa shape index (κ1) is 13.8. The van der Waals surface area contributed by atoms with Gasteiger partial charge in [-0.1, -0.05) is 17.7 Å². The molecule has 0 atom stereocenters. The lowest BCUT2D eigenvalue weighted by Gasteiger charge is -2.09. The van der Waals surface area contributed by atoms with E-state index in [0.717, 1.165) is 0 Å². The molecule has 0 unspecified atom stereocenters. The maximum atomic E-state index is 11.3. The molecule has 3 nitrogen and oxygen atoms in total. The summed E-state index contributed by atoms with van der Waals surface area (Å²) in [7, 11) is 0. The predicted octanol–water partition coefficient (Wildman–Crippen LogP) is 3.06. The number of hydrogen-bond donors (Lipinski definition) is 0. The summed E-state index contributed by atoms with van der Waals surface area (Å²) < 4.78 is 4.84. The van der Waals surface area contributed by atoms with Gasteiger partial charge in [-0.25, -0.2) is 0 Å². The molecule has 0 radical (unpaired) electrons. The monoisotopic (exact) mass is 271 g/mol. The number of hydrogen-bond acceptors (Lipinski definition) is 3. The van der Waals surface area contributed by atoms with Crippen LogP contribution in [0.5, 0.6) is 0 Å². The second kappa shape index (κ2) is 6.48. The average Bonchev–Trinajstić information content (AvgIpc) is 2.31. The van der Waals surface area contributed by atoms with Crippen LogP contribution in [0.25, 0.3) is 0 Å². The van der Waals surface area contributed by atoms with Gasteiger partial charge in [-0.3, -0.25) is 4.79 Å². The first-order chi connectivity index (χ1) is 8.13. The maximum absolute atomic E-state index is 11.3. The van der Waals surface area contributed by atoms with Gasteiger partial charge in [-0.15, -0.1) is 11.6 Å². The highest BCUT2D eigenvalue weighted by Gasteiger charge is 2.13. The van der Waals surface area contributed by atoms with E-state index in [1.54, 1.807) is 19.1 Å². The summed E-state index contributed by atoms with van der Waals surface area (Å²) in [5.41, 5.74) is 1.61. The third kappa shape index (κ3) is 3.36. The van der Waals surface area contributed by atoms with E-state index in [0.29, 0.717) is 28.3 Å². The Hall–Kier alpha value is -1.24. The number of alkyl halides is 1. The molecule has 1 rings (SSSR count). The Kier molecular flexibility index (Phi) is 5.27. The van der Waals surface area contributed by atoms with Gasteiger partial charge < -0.3 is 4.74 Å². The Balaban J connectivity index is 3.03. The van der Waals surface area contributed by atoms with Gasteiger partial charge in [0.1, 0.15) is 0 Å². The van der Waals surface area contributed by atoms with Crippen molar-refractivity contribution in [1.29, 1.82) is 5.26 Å². The molecule has 1 aromatic carbocycles. The Bertz CT molecular complexity index is 466. The van der Waals surface area contributed by atoms with Crippen LogP contribution in [0.4, 0.5) is 0 Å². The van der Waals surface area contributed by atoms with Crippen molar-refractivity contribution < 1.29 is 9.53 Å². The van der Waals surface area contributed by atoms with E-state index in [9.17, 15) is 4.79 Å². The minimum absolute atomic E-state index is 0.0856. The van der Waals surface area contributed by atoms with Crippen molar-refractivity contribution in [3.05, 3.63) is 33.8 Å². The number of benzene rings is 1. The summed E-state index contributed by atoms with van der Waals surface area (Å²) in [5.74, 6) is -0.210. The zero-order valence-electron chi connectivity index (χ0n) is 9.30. The van der Waals surface area contributed by atoms with Crippen molar-refractivity contribution in [3.63, 3.8) is 0 Å². The molecule has 0 saturated carbocycles. The van der Waals surface area contributed by atoms with Gasteiger partial charge in [0.25, 0.3) is 0 Å². The van der Waals surface area contributed by atoms with E-state index in [2.05, 4.69) is 0 Å². The first-order valence-corrected chi connectivity index (χ1v) is 5.97. The molecular formula is C12H11Cl2NO2. The molecule has 0 bridgehead atoms. The minimum atomic E-state index is -0.348. The highest BCUT2D eigenvalue weighted by Crippen LogP contribution is 2.26. The van der Waals surface area contributed by atoms with Gasteiger partial charge in [-0.05, 0) is 18.6 Å². The zero-order valence-corrected chi connectivity index (χ0v) is 10.8. The third-order valence-electron chi connectivity index (χ3n) is 2.22. The molecule has 0 aliphatic heterocycles. The van der Waals surface area contributed by atoms with Crippen molar-refractivity contribution in [3.8, 4) is 6.07 Å². The van der Waals surface area contributed by atoms with E-state index in [-0.39, 0.29) is 18.3 Å². The number of carbonyl (C=O) groups is 1. The fraction of sp³-hybridized carbons (Fsp3) is 0.333. The molecule has 90 valence electrons. The Labute approximate surface area is 110 Å². The number of nitriles is 1. The summed E-state index contributed by atoms with van der Waals surface area (Å²) in [4.78, 5) is 11.3. The standard InChI is InChI=1S/C12H11Cl2NO2/c1-2-17-11(16)5-8-3-4-9(7-15)10(6-13)12(8)14/h3-4H,2,5-6H2,1H3. The number of carbonyl (C=O) groups excluding carboxylic acids is 1. The van der Waals surface area contributed by atoms with Crippen molar-refractivity contribution >= 4 is 29.2 Å². The van der Waals surface area contributed by atoms with Crippen molar-refractivity contribution in [2.75, 3.05) is 6.61 Å². The van der Waals surface area contributed by atoms with Gasteiger partial charge in [0.05, 0.1) is 35.6 Å². The van der Waals surface area contributed by atoms with Gasteiger partial charge in [0.2, 0.25) is 0 Å². The van der Waals surface area contributed by atoms with Gasteiger partial charge >= 0.3 is 5.97 Å². The number of halogens is 2. The molecule has 5 heteroatoms. The summed E-state index contributed by atoms with van der Waals surface area (Å²) in [6.45, 7) is 2.07. The van der Waals surface area contributed by atoms with Crippen LogP contribution in [0, 0.1) is 11.3 Å². The van der Waals surface area contributed by atoms with Crippen LogP contribution in [-0.4, -0.2) is 12.6 Å². The van der Waals surface area contributed by atoms with E-state index in [1.807, 2.05) is 6.07 Å². The Morgan fingerprint density at radius 2 is 2.24 bits per heavy atom.